The summed E-state index contributed by atoms with van der Waals surface area (Å²) in [6.45, 7) is 0. The first-order valence-corrected chi connectivity index (χ1v) is 5.93. The molecule has 1 aromatic heterocycles. The van der Waals surface area contributed by atoms with Crippen molar-refractivity contribution in [3.63, 3.8) is 0 Å². The fourth-order valence-corrected chi connectivity index (χ4v) is 2.03. The quantitative estimate of drug-likeness (QED) is 0.481. The van der Waals surface area contributed by atoms with Gasteiger partial charge in [0.05, 0.1) is 22.6 Å². The van der Waals surface area contributed by atoms with E-state index in [4.69, 9.17) is 4.74 Å². The van der Waals surface area contributed by atoms with Crippen LogP contribution in [0.2, 0.25) is 0 Å². The molecule has 0 saturated heterocycles. The van der Waals surface area contributed by atoms with Crippen LogP contribution in [0.25, 0.3) is 0 Å². The van der Waals surface area contributed by atoms with Gasteiger partial charge >= 0.3 is 5.00 Å². The summed E-state index contributed by atoms with van der Waals surface area (Å²) in [6, 6.07) is 10.4. The van der Waals surface area contributed by atoms with E-state index >= 15 is 0 Å². The molecule has 5 nitrogen and oxygen atoms in total. The summed E-state index contributed by atoms with van der Waals surface area (Å²) in [6.07, 6.45) is 1.60. The first-order chi connectivity index (χ1) is 8.69. The van der Waals surface area contributed by atoms with Crippen molar-refractivity contribution in [1.82, 2.24) is 0 Å². The number of nitrogens with zero attached hydrogens (tertiary/aromatic N) is 2. The van der Waals surface area contributed by atoms with E-state index < -0.39 is 4.92 Å². The third-order valence-electron chi connectivity index (χ3n) is 2.19. The highest BCUT2D eigenvalue weighted by atomic mass is 32.1. The number of benzene rings is 1. The van der Waals surface area contributed by atoms with E-state index in [9.17, 15) is 10.1 Å². The summed E-state index contributed by atoms with van der Waals surface area (Å²) in [4.78, 5) is 15.1. The molecule has 18 heavy (non-hydrogen) atoms. The molecule has 6 heteroatoms. The van der Waals surface area contributed by atoms with E-state index in [1.165, 1.54) is 6.07 Å². The average Bonchev–Trinajstić information content (AvgIpc) is 2.85. The minimum absolute atomic E-state index is 0.113. The van der Waals surface area contributed by atoms with E-state index in [1.807, 2.05) is 18.2 Å². The largest absolute Gasteiger partial charge is 0.497 e. The lowest BCUT2D eigenvalue weighted by Gasteiger charge is -1.99. The molecule has 0 aliphatic heterocycles. The minimum Gasteiger partial charge on any atom is -0.497 e. The Bertz CT molecular complexity index is 593. The third-order valence-corrected chi connectivity index (χ3v) is 3.16. The van der Waals surface area contributed by atoms with E-state index in [-0.39, 0.29) is 5.00 Å². The number of methoxy groups -OCH3 is 1. The smallest absolute Gasteiger partial charge is 0.324 e. The lowest BCUT2D eigenvalue weighted by Crippen LogP contribution is -1.81. The Labute approximate surface area is 108 Å². The predicted molar refractivity (Wildman–Crippen MR) is 71.2 cm³/mol. The van der Waals surface area contributed by atoms with E-state index in [2.05, 4.69) is 4.99 Å². The molecule has 0 amide bonds. The highest BCUT2D eigenvalue weighted by molar-refractivity contribution is 7.16. The van der Waals surface area contributed by atoms with Crippen molar-refractivity contribution in [2.75, 3.05) is 7.11 Å². The second kappa shape index (κ2) is 5.42. The number of hydrogen-bond acceptors (Lipinski definition) is 5. The molecule has 0 aliphatic carbocycles. The Hall–Kier alpha value is -2.21. The standard InChI is InChI=1S/C12H10N2O3S/c1-17-10-4-2-3-9(7-10)13-8-11-5-6-12(18-11)14(15)16/h2-8H,1H3. The lowest BCUT2D eigenvalue weighted by atomic mass is 10.3. The van der Waals surface area contributed by atoms with Crippen molar-refractivity contribution in [3.05, 3.63) is 51.4 Å². The molecule has 2 rings (SSSR count). The van der Waals surface area contributed by atoms with Gasteiger partial charge in [0.25, 0.3) is 0 Å². The van der Waals surface area contributed by atoms with Gasteiger partial charge in [-0.1, -0.05) is 17.4 Å². The fraction of sp³-hybridized carbons (Fsp3) is 0.0833. The van der Waals surface area contributed by atoms with Crippen LogP contribution in [-0.2, 0) is 0 Å². The van der Waals surface area contributed by atoms with Crippen molar-refractivity contribution >= 4 is 28.2 Å². The van der Waals surface area contributed by atoms with Gasteiger partial charge in [0.15, 0.2) is 0 Å². The first kappa shape index (κ1) is 12.3. The maximum absolute atomic E-state index is 10.5. The van der Waals surface area contributed by atoms with Crippen LogP contribution in [-0.4, -0.2) is 18.2 Å². The fourth-order valence-electron chi connectivity index (χ4n) is 1.34. The van der Waals surface area contributed by atoms with Crippen molar-refractivity contribution in [1.29, 1.82) is 0 Å². The summed E-state index contributed by atoms with van der Waals surface area (Å²) in [7, 11) is 1.59. The zero-order valence-corrected chi connectivity index (χ0v) is 10.4. The maximum atomic E-state index is 10.5. The monoisotopic (exact) mass is 262 g/mol. The zero-order chi connectivity index (χ0) is 13.0. The van der Waals surface area contributed by atoms with Crippen molar-refractivity contribution in [2.45, 2.75) is 0 Å². The Balaban J connectivity index is 2.16. The van der Waals surface area contributed by atoms with E-state index in [1.54, 1.807) is 25.5 Å². The van der Waals surface area contributed by atoms with E-state index in [0.717, 1.165) is 27.7 Å². The van der Waals surface area contributed by atoms with Crippen LogP contribution in [0.1, 0.15) is 4.88 Å². The number of hydrogen-bond donors (Lipinski definition) is 0. The molecular formula is C12H10N2O3S. The van der Waals surface area contributed by atoms with Gasteiger partial charge in [-0.25, -0.2) is 0 Å². The van der Waals surface area contributed by atoms with Gasteiger partial charge < -0.3 is 4.74 Å². The van der Waals surface area contributed by atoms with Crippen molar-refractivity contribution in [2.24, 2.45) is 4.99 Å². The molecule has 0 radical (unpaired) electrons. The molecule has 2 aromatic rings. The number of ether oxygens (including phenoxy) is 1. The maximum Gasteiger partial charge on any atom is 0.324 e. The topological polar surface area (TPSA) is 64.7 Å². The molecule has 1 aromatic carbocycles. The van der Waals surface area contributed by atoms with Crippen LogP contribution in [0, 0.1) is 10.1 Å². The Morgan fingerprint density at radius 1 is 1.39 bits per heavy atom. The Kier molecular flexibility index (Phi) is 3.69. The van der Waals surface area contributed by atoms with Gasteiger partial charge in [-0.15, -0.1) is 0 Å². The molecule has 0 saturated carbocycles. The summed E-state index contributed by atoms with van der Waals surface area (Å²) < 4.78 is 5.08. The van der Waals surface area contributed by atoms with Crippen LogP contribution >= 0.6 is 11.3 Å². The molecule has 0 bridgehead atoms. The third kappa shape index (κ3) is 2.92. The van der Waals surface area contributed by atoms with Gasteiger partial charge in [0, 0.05) is 18.3 Å². The Morgan fingerprint density at radius 3 is 2.89 bits per heavy atom. The lowest BCUT2D eigenvalue weighted by molar-refractivity contribution is -0.380. The first-order valence-electron chi connectivity index (χ1n) is 5.11. The summed E-state index contributed by atoms with van der Waals surface area (Å²) in [5, 5.41) is 10.6. The van der Waals surface area contributed by atoms with Crippen LogP contribution in [0.5, 0.6) is 5.75 Å². The summed E-state index contributed by atoms with van der Waals surface area (Å²) in [5.74, 6) is 0.724. The molecule has 92 valence electrons. The molecule has 0 spiro atoms. The van der Waals surface area contributed by atoms with Gasteiger partial charge in [-0.05, 0) is 18.2 Å². The summed E-state index contributed by atoms with van der Waals surface area (Å²) >= 11 is 1.09. The molecule has 0 N–H and O–H groups in total. The minimum atomic E-state index is -0.409. The molecule has 0 unspecified atom stereocenters. The van der Waals surface area contributed by atoms with Gasteiger partial charge in [0.2, 0.25) is 0 Å². The molecule has 0 fully saturated rings. The molecule has 0 aliphatic rings. The van der Waals surface area contributed by atoms with Crippen LogP contribution < -0.4 is 4.74 Å². The number of rotatable bonds is 4. The number of aliphatic imine (C=N–C) groups is 1. The Morgan fingerprint density at radius 2 is 2.22 bits per heavy atom. The average molecular weight is 262 g/mol. The predicted octanol–water partition coefficient (Wildman–Crippen LogP) is 3.42. The highest BCUT2D eigenvalue weighted by Gasteiger charge is 2.07. The normalized spacial score (nSPS) is 10.7. The van der Waals surface area contributed by atoms with Crippen molar-refractivity contribution in [3.8, 4) is 5.75 Å². The van der Waals surface area contributed by atoms with Gasteiger partial charge in [0.1, 0.15) is 5.75 Å². The number of thiophene rings is 1. The molecular weight excluding hydrogens is 252 g/mol. The number of nitro groups is 1. The summed E-state index contributed by atoms with van der Waals surface area (Å²) in [5.41, 5.74) is 0.741. The molecule has 0 atom stereocenters. The zero-order valence-electron chi connectivity index (χ0n) is 9.57. The van der Waals surface area contributed by atoms with Crippen LogP contribution in [0.15, 0.2) is 41.4 Å². The van der Waals surface area contributed by atoms with E-state index in [0.29, 0.717) is 0 Å². The van der Waals surface area contributed by atoms with Crippen molar-refractivity contribution < 1.29 is 9.66 Å². The van der Waals surface area contributed by atoms with Crippen LogP contribution in [0.4, 0.5) is 10.7 Å². The van der Waals surface area contributed by atoms with Crippen LogP contribution in [0.3, 0.4) is 0 Å². The SMILES string of the molecule is COc1cccc(N=Cc2ccc([N+](=O)[O-])s2)c1. The molecule has 1 heterocycles. The highest BCUT2D eigenvalue weighted by Crippen LogP contribution is 2.24. The second-order valence-electron chi connectivity index (χ2n) is 3.39. The van der Waals surface area contributed by atoms with Gasteiger partial charge in [-0.3, -0.25) is 15.1 Å². The second-order valence-corrected chi connectivity index (χ2v) is 4.49. The van der Waals surface area contributed by atoms with Gasteiger partial charge in [-0.2, -0.15) is 0 Å².